The van der Waals surface area contributed by atoms with Gasteiger partial charge in [-0.2, -0.15) is 5.10 Å². The van der Waals surface area contributed by atoms with E-state index < -0.39 is 5.60 Å². The summed E-state index contributed by atoms with van der Waals surface area (Å²) in [5, 5.41) is 19.5. The van der Waals surface area contributed by atoms with Gasteiger partial charge in [-0.1, -0.05) is 6.92 Å². The van der Waals surface area contributed by atoms with Gasteiger partial charge in [0.15, 0.2) is 0 Å². The van der Waals surface area contributed by atoms with Gasteiger partial charge in [0, 0.05) is 6.04 Å². The van der Waals surface area contributed by atoms with Crippen LogP contribution in [0.1, 0.15) is 66.2 Å². The minimum Gasteiger partial charge on any atom is -0.465 e. The van der Waals surface area contributed by atoms with Crippen LogP contribution in [0.4, 0.5) is 0 Å². The predicted molar refractivity (Wildman–Crippen MR) is 126 cm³/mol. The molecular weight excluding hydrogens is 438 g/mol. The summed E-state index contributed by atoms with van der Waals surface area (Å²) in [5.41, 5.74) is 1.33. The zero-order valence-electron chi connectivity index (χ0n) is 19.1. The maximum absolute atomic E-state index is 13.4. The van der Waals surface area contributed by atoms with Gasteiger partial charge in [0.1, 0.15) is 5.03 Å². The Bertz CT molecular complexity index is 1030. The molecule has 3 unspecified atom stereocenters. The van der Waals surface area contributed by atoms with Gasteiger partial charge in [-0.05, 0) is 86.3 Å². The van der Waals surface area contributed by atoms with E-state index in [9.17, 15) is 14.7 Å². The van der Waals surface area contributed by atoms with Crippen LogP contribution in [0.2, 0.25) is 0 Å². The van der Waals surface area contributed by atoms with E-state index in [2.05, 4.69) is 17.3 Å². The van der Waals surface area contributed by atoms with Crippen LogP contribution < -0.4 is 5.32 Å². The second-order valence-electron chi connectivity index (χ2n) is 9.86. The van der Waals surface area contributed by atoms with Crippen LogP contribution in [0.25, 0.3) is 5.69 Å². The number of hydrogen-bond acceptors (Lipinski definition) is 6. The van der Waals surface area contributed by atoms with Crippen molar-refractivity contribution in [1.82, 2.24) is 15.1 Å². The van der Waals surface area contributed by atoms with Crippen molar-refractivity contribution < 1.29 is 19.4 Å². The van der Waals surface area contributed by atoms with Crippen LogP contribution in [-0.2, 0) is 4.74 Å². The minimum atomic E-state index is -0.513. The second-order valence-corrected chi connectivity index (χ2v) is 10.9. The Hall–Kier alpha value is -2.32. The highest BCUT2D eigenvalue weighted by Crippen LogP contribution is 2.55. The number of rotatable bonds is 7. The molecule has 1 aromatic heterocycles. The Balaban J connectivity index is 1.38. The number of hydrogen-bond donors (Lipinski definition) is 2. The summed E-state index contributed by atoms with van der Waals surface area (Å²) in [5.74, 6) is 1.72. The summed E-state index contributed by atoms with van der Waals surface area (Å²) in [4.78, 5) is 25.2. The first-order valence-corrected chi connectivity index (χ1v) is 12.8. The van der Waals surface area contributed by atoms with E-state index in [0.29, 0.717) is 28.9 Å². The monoisotopic (exact) mass is 469 g/mol. The van der Waals surface area contributed by atoms with Gasteiger partial charge in [0.25, 0.3) is 5.91 Å². The number of nitrogens with zero attached hydrogens (tertiary/aromatic N) is 2. The number of aromatic nitrogens is 2. The number of carbonyl (C=O) groups excluding carboxylic acids is 2. The lowest BCUT2D eigenvalue weighted by molar-refractivity contribution is -0.136. The van der Waals surface area contributed by atoms with Crippen LogP contribution in [-0.4, -0.2) is 51.3 Å². The van der Waals surface area contributed by atoms with E-state index in [1.54, 1.807) is 34.8 Å². The molecule has 2 aromatic rings. The molecule has 4 saturated carbocycles. The van der Waals surface area contributed by atoms with E-state index in [1.807, 2.05) is 12.1 Å². The molecular formula is C25H31N3O4S. The van der Waals surface area contributed by atoms with Gasteiger partial charge in [-0.25, -0.2) is 9.48 Å². The van der Waals surface area contributed by atoms with Crippen LogP contribution >= 0.6 is 11.8 Å². The summed E-state index contributed by atoms with van der Waals surface area (Å²) < 4.78 is 6.55. The average Bonchev–Trinajstić information content (AvgIpc) is 3.22. The molecule has 4 aliphatic rings. The molecule has 1 aromatic carbocycles. The highest BCUT2D eigenvalue weighted by atomic mass is 32.2. The van der Waals surface area contributed by atoms with Crippen LogP contribution in [0.3, 0.4) is 0 Å². The number of aliphatic hydroxyl groups is 1. The van der Waals surface area contributed by atoms with Crippen molar-refractivity contribution in [2.45, 2.75) is 62.1 Å². The fourth-order valence-corrected chi connectivity index (χ4v) is 7.29. The largest absolute Gasteiger partial charge is 0.465 e. The molecule has 0 saturated heterocycles. The van der Waals surface area contributed by atoms with Gasteiger partial charge in [-0.15, -0.1) is 11.8 Å². The number of thioether (sulfide) groups is 1. The molecule has 33 heavy (non-hydrogen) atoms. The molecule has 6 rings (SSSR count). The molecule has 4 fully saturated rings. The zero-order valence-corrected chi connectivity index (χ0v) is 19.9. The summed E-state index contributed by atoms with van der Waals surface area (Å²) in [7, 11) is 1.36. The van der Waals surface area contributed by atoms with Crippen LogP contribution in [0.15, 0.2) is 35.5 Å². The lowest BCUT2D eigenvalue weighted by Crippen LogP contribution is -2.61. The van der Waals surface area contributed by atoms with Crippen molar-refractivity contribution in [1.29, 1.82) is 0 Å². The van der Waals surface area contributed by atoms with Crippen LogP contribution in [0, 0.1) is 17.8 Å². The lowest BCUT2D eigenvalue weighted by atomic mass is 9.52. The molecule has 0 radical (unpaired) electrons. The van der Waals surface area contributed by atoms with Crippen molar-refractivity contribution in [3.05, 3.63) is 41.6 Å². The Morgan fingerprint density at radius 2 is 1.91 bits per heavy atom. The third kappa shape index (κ3) is 4.19. The van der Waals surface area contributed by atoms with Crippen molar-refractivity contribution >= 4 is 23.6 Å². The van der Waals surface area contributed by atoms with Gasteiger partial charge in [-0.3, -0.25) is 4.79 Å². The molecule has 1 heterocycles. The average molecular weight is 470 g/mol. The number of ether oxygens (including phenoxy) is 1. The number of carbonyl (C=O) groups is 2. The van der Waals surface area contributed by atoms with Gasteiger partial charge >= 0.3 is 5.97 Å². The standard InChI is InChI=1S/C25H31N3O4S/c1-3-8-33-23-20(14-26-28(23)19-6-4-16(5-7-19)24(30)32-2)22(29)27-21-17-9-15-10-18(21)13-25(31,11-15)12-17/h4-7,14-15,17-18,21,31H,3,8-13H2,1-2H3,(H,27,29)/t15?,17-,18+,21?,25?. The van der Waals surface area contributed by atoms with Crippen molar-refractivity contribution in [2.24, 2.45) is 17.8 Å². The van der Waals surface area contributed by atoms with Crippen LogP contribution in [0.5, 0.6) is 0 Å². The fourth-order valence-electron chi connectivity index (χ4n) is 6.32. The van der Waals surface area contributed by atoms with Gasteiger partial charge in [0.05, 0.1) is 35.7 Å². The number of esters is 1. The predicted octanol–water partition coefficient (Wildman–Crippen LogP) is 3.83. The van der Waals surface area contributed by atoms with E-state index in [4.69, 9.17) is 4.74 Å². The molecule has 0 spiro atoms. The maximum Gasteiger partial charge on any atom is 0.337 e. The molecule has 4 aliphatic carbocycles. The highest BCUT2D eigenvalue weighted by Gasteiger charge is 2.55. The lowest BCUT2D eigenvalue weighted by Gasteiger charge is -2.58. The Labute approximate surface area is 198 Å². The van der Waals surface area contributed by atoms with Crippen molar-refractivity contribution in [2.75, 3.05) is 12.9 Å². The fraction of sp³-hybridized carbons (Fsp3) is 0.560. The summed E-state index contributed by atoms with van der Waals surface area (Å²) in [6, 6.07) is 7.16. The zero-order chi connectivity index (χ0) is 23.2. The van der Waals surface area contributed by atoms with Gasteiger partial charge in [0.2, 0.25) is 0 Å². The van der Waals surface area contributed by atoms with Gasteiger partial charge < -0.3 is 15.2 Å². The number of benzene rings is 1. The summed E-state index contributed by atoms with van der Waals surface area (Å²) in [6.07, 6.45) is 7.36. The Morgan fingerprint density at radius 3 is 2.52 bits per heavy atom. The molecule has 1 amide bonds. The quantitative estimate of drug-likeness (QED) is 0.473. The maximum atomic E-state index is 13.4. The Kier molecular flexibility index (Phi) is 5.99. The van der Waals surface area contributed by atoms with E-state index in [1.165, 1.54) is 7.11 Å². The number of methoxy groups -OCH3 is 1. The van der Waals surface area contributed by atoms with E-state index >= 15 is 0 Å². The highest BCUT2D eigenvalue weighted by molar-refractivity contribution is 7.99. The first-order chi connectivity index (χ1) is 15.9. The second kappa shape index (κ2) is 8.80. The molecule has 0 aliphatic heterocycles. The Morgan fingerprint density at radius 1 is 1.21 bits per heavy atom. The first kappa shape index (κ1) is 22.5. The topological polar surface area (TPSA) is 93.5 Å². The van der Waals surface area contributed by atoms with E-state index in [-0.39, 0.29) is 17.9 Å². The third-order valence-corrected chi connectivity index (χ3v) is 8.76. The number of nitrogens with one attached hydrogen (secondary N) is 1. The minimum absolute atomic E-state index is 0.0875. The first-order valence-electron chi connectivity index (χ1n) is 11.8. The molecule has 5 atom stereocenters. The smallest absolute Gasteiger partial charge is 0.337 e. The summed E-state index contributed by atoms with van der Waals surface area (Å²) >= 11 is 1.62. The molecule has 8 heteroatoms. The van der Waals surface area contributed by atoms with Crippen molar-refractivity contribution in [3.8, 4) is 5.69 Å². The molecule has 2 N–H and O–H groups in total. The molecule has 176 valence electrons. The SMILES string of the molecule is CCCSc1c(C(=O)NC2[C@@H]3CC4C[C@H]2CC(O)(C4)C3)cnn1-c1ccc(C(=O)OC)cc1. The summed E-state index contributed by atoms with van der Waals surface area (Å²) in [6.45, 7) is 2.11. The third-order valence-electron chi connectivity index (χ3n) is 7.48. The molecule has 7 nitrogen and oxygen atoms in total. The molecule has 4 bridgehead atoms. The number of amides is 1. The van der Waals surface area contributed by atoms with Crippen molar-refractivity contribution in [3.63, 3.8) is 0 Å². The normalized spacial score (nSPS) is 29.8. The van der Waals surface area contributed by atoms with E-state index in [0.717, 1.165) is 55.0 Å².